The van der Waals surface area contributed by atoms with Gasteiger partial charge in [0.15, 0.2) is 17.5 Å². The number of fused-ring (bicyclic) bond motifs is 3. The third-order valence-electron chi connectivity index (χ3n) is 10.2. The van der Waals surface area contributed by atoms with Crippen LogP contribution in [0.3, 0.4) is 0 Å². The van der Waals surface area contributed by atoms with Gasteiger partial charge in [-0.1, -0.05) is 176 Å². The van der Waals surface area contributed by atoms with Gasteiger partial charge in [0.05, 0.1) is 0 Å². The van der Waals surface area contributed by atoms with E-state index >= 15 is 0 Å². The highest BCUT2D eigenvalue weighted by Crippen LogP contribution is 2.40. The summed E-state index contributed by atoms with van der Waals surface area (Å²) in [5.41, 5.74) is 13.6. The number of aromatic nitrogens is 3. The minimum Gasteiger partial charge on any atom is -0.456 e. The molecule has 0 N–H and O–H groups in total. The number of benzene rings is 8. The van der Waals surface area contributed by atoms with Gasteiger partial charge in [0.2, 0.25) is 0 Å². The Bertz CT molecular complexity index is 2940. The van der Waals surface area contributed by atoms with Crippen molar-refractivity contribution in [1.82, 2.24) is 15.0 Å². The van der Waals surface area contributed by atoms with Gasteiger partial charge in [0.25, 0.3) is 0 Å². The van der Waals surface area contributed by atoms with Crippen molar-refractivity contribution in [2.75, 3.05) is 0 Å². The molecule has 258 valence electrons. The van der Waals surface area contributed by atoms with Crippen LogP contribution in [0.15, 0.2) is 205 Å². The zero-order valence-electron chi connectivity index (χ0n) is 29.8. The summed E-state index contributed by atoms with van der Waals surface area (Å²) in [6.07, 6.45) is 0. The molecule has 55 heavy (non-hydrogen) atoms. The molecule has 0 fully saturated rings. The van der Waals surface area contributed by atoms with Crippen LogP contribution < -0.4 is 0 Å². The summed E-state index contributed by atoms with van der Waals surface area (Å²) in [6.45, 7) is 0. The Labute approximate surface area is 319 Å². The molecule has 4 nitrogen and oxygen atoms in total. The largest absolute Gasteiger partial charge is 0.456 e. The second kappa shape index (κ2) is 13.8. The van der Waals surface area contributed by atoms with Gasteiger partial charge in [-0.15, -0.1) is 0 Å². The Kier molecular flexibility index (Phi) is 8.12. The van der Waals surface area contributed by atoms with E-state index in [9.17, 15) is 0 Å². The Morgan fingerprint density at radius 2 is 0.745 bits per heavy atom. The molecule has 8 aromatic carbocycles. The quantitative estimate of drug-likeness (QED) is 0.166. The molecule has 0 saturated heterocycles. The van der Waals surface area contributed by atoms with Crippen molar-refractivity contribution < 1.29 is 4.42 Å². The van der Waals surface area contributed by atoms with Crippen molar-refractivity contribution in [3.63, 3.8) is 0 Å². The molecule has 0 unspecified atom stereocenters. The lowest BCUT2D eigenvalue weighted by Gasteiger charge is -2.13. The van der Waals surface area contributed by atoms with Crippen molar-refractivity contribution in [3.05, 3.63) is 200 Å². The van der Waals surface area contributed by atoms with Crippen molar-refractivity contribution in [3.8, 4) is 78.7 Å². The first-order chi connectivity index (χ1) is 27.2. The lowest BCUT2D eigenvalue weighted by atomic mass is 9.91. The summed E-state index contributed by atoms with van der Waals surface area (Å²) in [5.74, 6) is 1.82. The van der Waals surface area contributed by atoms with E-state index in [0.717, 1.165) is 60.9 Å². The van der Waals surface area contributed by atoms with Crippen molar-refractivity contribution in [2.45, 2.75) is 0 Å². The first-order valence-electron chi connectivity index (χ1n) is 18.4. The van der Waals surface area contributed by atoms with Gasteiger partial charge >= 0.3 is 0 Å². The molecule has 0 aliphatic rings. The van der Waals surface area contributed by atoms with E-state index in [1.54, 1.807) is 0 Å². The maximum absolute atomic E-state index is 6.49. The highest BCUT2D eigenvalue weighted by atomic mass is 16.3. The van der Waals surface area contributed by atoms with E-state index < -0.39 is 0 Å². The molecule has 0 radical (unpaired) electrons. The van der Waals surface area contributed by atoms with E-state index in [1.807, 2.05) is 48.5 Å². The van der Waals surface area contributed by atoms with Gasteiger partial charge in [-0.2, -0.15) is 0 Å². The summed E-state index contributed by atoms with van der Waals surface area (Å²) in [5, 5.41) is 1.98. The van der Waals surface area contributed by atoms with Crippen LogP contribution >= 0.6 is 0 Å². The molecular formula is C51H33N3O. The van der Waals surface area contributed by atoms with Crippen molar-refractivity contribution in [1.29, 1.82) is 0 Å². The first-order valence-corrected chi connectivity index (χ1v) is 18.4. The normalized spacial score (nSPS) is 11.3. The van der Waals surface area contributed by atoms with Crippen LogP contribution in [0.4, 0.5) is 0 Å². The van der Waals surface area contributed by atoms with E-state index in [-0.39, 0.29) is 0 Å². The second-order valence-corrected chi connectivity index (χ2v) is 13.6. The van der Waals surface area contributed by atoms with Gasteiger partial charge in [0, 0.05) is 27.5 Å². The topological polar surface area (TPSA) is 51.8 Å². The Balaban J connectivity index is 1.12. The number of rotatable bonds is 7. The van der Waals surface area contributed by atoms with E-state index in [2.05, 4.69) is 152 Å². The predicted octanol–water partition coefficient (Wildman–Crippen LogP) is 13.4. The smallest absolute Gasteiger partial charge is 0.164 e. The molecule has 0 aliphatic carbocycles. The standard InChI is InChI=1S/C51H33N3O/c1-5-14-34(15-6-1)35-24-26-39(27-25-35)50-52-49(38-20-11-4-12-21-38)53-51(54-50)43-22-13-23-47-48(43)45-33-41(29-31-46(45)55-47)40-28-30-42(36-16-7-2-8-17-36)44(32-40)37-18-9-3-10-19-37/h1-33H. The molecule has 0 bridgehead atoms. The zero-order chi connectivity index (χ0) is 36.6. The van der Waals surface area contributed by atoms with Crippen LogP contribution in [0.25, 0.3) is 101 Å². The molecular weight excluding hydrogens is 671 g/mol. The second-order valence-electron chi connectivity index (χ2n) is 13.6. The predicted molar refractivity (Wildman–Crippen MR) is 225 cm³/mol. The monoisotopic (exact) mass is 703 g/mol. The van der Waals surface area contributed by atoms with Gasteiger partial charge in [-0.3, -0.25) is 0 Å². The van der Waals surface area contributed by atoms with Crippen molar-refractivity contribution >= 4 is 21.9 Å². The summed E-state index contributed by atoms with van der Waals surface area (Å²) >= 11 is 0. The zero-order valence-corrected chi connectivity index (χ0v) is 29.8. The number of hydrogen-bond acceptors (Lipinski definition) is 4. The number of hydrogen-bond donors (Lipinski definition) is 0. The maximum atomic E-state index is 6.49. The first kappa shape index (κ1) is 32.2. The molecule has 0 atom stereocenters. The molecule has 0 spiro atoms. The van der Waals surface area contributed by atoms with Crippen molar-refractivity contribution in [2.24, 2.45) is 0 Å². The number of furan rings is 1. The van der Waals surface area contributed by atoms with E-state index in [0.29, 0.717) is 17.5 Å². The Morgan fingerprint density at radius 3 is 1.40 bits per heavy atom. The molecule has 4 heteroatoms. The van der Waals surface area contributed by atoms with Crippen LogP contribution in [0.1, 0.15) is 0 Å². The lowest BCUT2D eigenvalue weighted by molar-refractivity contribution is 0.669. The minimum absolute atomic E-state index is 0.591. The van der Waals surface area contributed by atoms with Crippen LogP contribution in [0.5, 0.6) is 0 Å². The third-order valence-corrected chi connectivity index (χ3v) is 10.2. The third kappa shape index (κ3) is 6.16. The Morgan fingerprint density at radius 1 is 0.273 bits per heavy atom. The number of nitrogens with zero attached hydrogens (tertiary/aromatic N) is 3. The van der Waals surface area contributed by atoms with Crippen LogP contribution in [-0.4, -0.2) is 15.0 Å². The van der Waals surface area contributed by atoms with Gasteiger partial charge < -0.3 is 4.42 Å². The summed E-state index contributed by atoms with van der Waals surface area (Å²) in [4.78, 5) is 15.2. The lowest BCUT2D eigenvalue weighted by Crippen LogP contribution is -2.00. The van der Waals surface area contributed by atoms with Gasteiger partial charge in [0.1, 0.15) is 11.2 Å². The molecule has 0 aliphatic heterocycles. The fourth-order valence-corrected chi connectivity index (χ4v) is 7.43. The van der Waals surface area contributed by atoms with E-state index in [4.69, 9.17) is 19.4 Å². The average molecular weight is 704 g/mol. The van der Waals surface area contributed by atoms with Gasteiger partial charge in [-0.25, -0.2) is 15.0 Å². The SMILES string of the molecule is c1ccc(-c2ccc(-c3nc(-c4ccccc4)nc(-c4cccc5oc6ccc(-c7ccc(-c8ccccc8)c(-c8ccccc8)c7)cc6c45)n3)cc2)cc1. The fourth-order valence-electron chi connectivity index (χ4n) is 7.43. The highest BCUT2D eigenvalue weighted by molar-refractivity contribution is 6.13. The molecule has 10 rings (SSSR count). The molecule has 10 aromatic rings. The fraction of sp³-hybridized carbons (Fsp3) is 0. The highest BCUT2D eigenvalue weighted by Gasteiger charge is 2.19. The van der Waals surface area contributed by atoms with Crippen LogP contribution in [0.2, 0.25) is 0 Å². The molecule has 2 heterocycles. The molecule has 0 saturated carbocycles. The summed E-state index contributed by atoms with van der Waals surface area (Å²) in [7, 11) is 0. The summed E-state index contributed by atoms with van der Waals surface area (Å²) in [6, 6.07) is 69.4. The van der Waals surface area contributed by atoms with E-state index in [1.165, 1.54) is 22.3 Å². The van der Waals surface area contributed by atoms with Crippen LogP contribution in [-0.2, 0) is 0 Å². The van der Waals surface area contributed by atoms with Crippen LogP contribution in [0, 0.1) is 0 Å². The molecule has 0 amide bonds. The minimum atomic E-state index is 0.591. The molecule has 2 aromatic heterocycles. The van der Waals surface area contributed by atoms with Gasteiger partial charge in [-0.05, 0) is 68.8 Å². The summed E-state index contributed by atoms with van der Waals surface area (Å²) < 4.78 is 6.49. The Hall–Kier alpha value is -7.43. The average Bonchev–Trinajstić information content (AvgIpc) is 3.66. The maximum Gasteiger partial charge on any atom is 0.164 e.